The summed E-state index contributed by atoms with van der Waals surface area (Å²) < 4.78 is 45.3. The molecular weight excluding hydrogens is 486 g/mol. The Morgan fingerprint density at radius 2 is 1.85 bits per heavy atom. The zero-order valence-electron chi connectivity index (χ0n) is 13.5. The molecule has 0 amide bonds. The van der Waals surface area contributed by atoms with Gasteiger partial charge in [0.25, 0.3) is 0 Å². The lowest BCUT2D eigenvalue weighted by Gasteiger charge is -2.10. The number of hydrogen-bond donors (Lipinski definition) is 2. The predicted octanol–water partition coefficient (Wildman–Crippen LogP) is 4.79. The van der Waals surface area contributed by atoms with Crippen molar-refractivity contribution >= 4 is 47.2 Å². The van der Waals surface area contributed by atoms with Crippen molar-refractivity contribution in [3.63, 3.8) is 0 Å². The van der Waals surface area contributed by atoms with Crippen molar-refractivity contribution in [3.8, 4) is 11.5 Å². The standard InChI is InChI=1S/C16H15ClF3N3O2.HI/c1-24-14-8-11(17)3-2-10(14)9-22-15(21)23-12-4-6-13(7-5-12)25-16(18,19)20;/h2-8H,9H2,1H3,(H3,21,22,23);1H. The summed E-state index contributed by atoms with van der Waals surface area (Å²) in [6.07, 6.45) is -4.73. The first-order valence-electron chi connectivity index (χ1n) is 7.02. The van der Waals surface area contributed by atoms with Crippen LogP contribution in [0.1, 0.15) is 5.56 Å². The van der Waals surface area contributed by atoms with E-state index in [9.17, 15) is 13.2 Å². The van der Waals surface area contributed by atoms with Gasteiger partial charge in [-0.25, -0.2) is 4.99 Å². The van der Waals surface area contributed by atoms with E-state index in [2.05, 4.69) is 15.0 Å². The molecule has 3 N–H and O–H groups in total. The number of guanidine groups is 1. The molecule has 0 heterocycles. The van der Waals surface area contributed by atoms with Crippen molar-refractivity contribution in [1.29, 1.82) is 0 Å². The van der Waals surface area contributed by atoms with Gasteiger partial charge in [-0.05, 0) is 36.4 Å². The van der Waals surface area contributed by atoms with E-state index in [0.717, 1.165) is 5.56 Å². The number of aliphatic imine (C=N–C) groups is 1. The minimum Gasteiger partial charge on any atom is -0.496 e. The Morgan fingerprint density at radius 1 is 1.19 bits per heavy atom. The molecule has 2 aromatic rings. The highest BCUT2D eigenvalue weighted by molar-refractivity contribution is 14.0. The van der Waals surface area contributed by atoms with E-state index in [1.54, 1.807) is 18.2 Å². The second kappa shape index (κ2) is 9.72. The Balaban J connectivity index is 0.00000338. The van der Waals surface area contributed by atoms with Gasteiger partial charge >= 0.3 is 6.36 Å². The maximum absolute atomic E-state index is 12.1. The van der Waals surface area contributed by atoms with Crippen LogP contribution in [0.3, 0.4) is 0 Å². The number of anilines is 1. The maximum atomic E-state index is 12.1. The maximum Gasteiger partial charge on any atom is 0.573 e. The molecule has 142 valence electrons. The van der Waals surface area contributed by atoms with E-state index in [1.165, 1.54) is 31.4 Å². The fourth-order valence-electron chi connectivity index (χ4n) is 1.95. The number of nitrogens with one attached hydrogen (secondary N) is 1. The second-order valence-electron chi connectivity index (χ2n) is 4.85. The van der Waals surface area contributed by atoms with Crippen LogP contribution in [0, 0.1) is 0 Å². The van der Waals surface area contributed by atoms with Gasteiger partial charge < -0.3 is 20.5 Å². The average molecular weight is 502 g/mol. The molecule has 2 aromatic carbocycles. The molecule has 2 rings (SSSR count). The summed E-state index contributed by atoms with van der Waals surface area (Å²) in [5.41, 5.74) is 7.03. The highest BCUT2D eigenvalue weighted by atomic mass is 127. The fourth-order valence-corrected chi connectivity index (χ4v) is 2.11. The van der Waals surface area contributed by atoms with Crippen molar-refractivity contribution in [2.45, 2.75) is 12.9 Å². The number of ether oxygens (including phenoxy) is 2. The van der Waals surface area contributed by atoms with Crippen molar-refractivity contribution in [2.75, 3.05) is 12.4 Å². The van der Waals surface area contributed by atoms with E-state index in [0.29, 0.717) is 16.5 Å². The Morgan fingerprint density at radius 3 is 2.42 bits per heavy atom. The minimum absolute atomic E-state index is 0. The molecular formula is C16H16ClF3IN3O2. The molecule has 0 bridgehead atoms. The van der Waals surface area contributed by atoms with Gasteiger partial charge in [0.05, 0.1) is 13.7 Å². The second-order valence-corrected chi connectivity index (χ2v) is 5.29. The van der Waals surface area contributed by atoms with Gasteiger partial charge in [-0.1, -0.05) is 17.7 Å². The molecule has 5 nitrogen and oxygen atoms in total. The van der Waals surface area contributed by atoms with Crippen LogP contribution in [0.2, 0.25) is 5.02 Å². The molecule has 0 aromatic heterocycles. The van der Waals surface area contributed by atoms with Crippen LogP contribution in [0.15, 0.2) is 47.5 Å². The van der Waals surface area contributed by atoms with E-state index in [4.69, 9.17) is 22.1 Å². The number of hydrogen-bond acceptors (Lipinski definition) is 3. The number of nitrogens with two attached hydrogens (primary N) is 1. The summed E-state index contributed by atoms with van der Waals surface area (Å²) in [6, 6.07) is 10.3. The molecule has 10 heteroatoms. The monoisotopic (exact) mass is 501 g/mol. The number of rotatable bonds is 5. The summed E-state index contributed by atoms with van der Waals surface area (Å²) >= 11 is 5.88. The minimum atomic E-state index is -4.73. The summed E-state index contributed by atoms with van der Waals surface area (Å²) in [5.74, 6) is 0.360. The highest BCUT2D eigenvalue weighted by Crippen LogP contribution is 2.25. The van der Waals surface area contributed by atoms with Crippen molar-refractivity contribution in [3.05, 3.63) is 53.1 Å². The van der Waals surface area contributed by atoms with Gasteiger partial charge in [0.1, 0.15) is 11.5 Å². The van der Waals surface area contributed by atoms with Crippen LogP contribution in [-0.2, 0) is 6.54 Å². The van der Waals surface area contributed by atoms with E-state index in [-0.39, 0.29) is 42.2 Å². The third-order valence-electron chi connectivity index (χ3n) is 3.03. The number of nitrogens with zero attached hydrogens (tertiary/aromatic N) is 1. The SMILES string of the molecule is COc1cc(Cl)ccc1CN=C(N)Nc1ccc(OC(F)(F)F)cc1.I. The number of halogens is 5. The van der Waals surface area contributed by atoms with E-state index >= 15 is 0 Å². The third kappa shape index (κ3) is 7.16. The zero-order valence-corrected chi connectivity index (χ0v) is 16.6. The van der Waals surface area contributed by atoms with Crippen LogP contribution in [-0.4, -0.2) is 19.4 Å². The quantitative estimate of drug-likeness (QED) is 0.351. The lowest BCUT2D eigenvalue weighted by Crippen LogP contribution is -2.22. The van der Waals surface area contributed by atoms with Gasteiger partial charge in [-0.3, -0.25) is 0 Å². The van der Waals surface area contributed by atoms with Crippen molar-refractivity contribution in [1.82, 2.24) is 0 Å². The first-order chi connectivity index (χ1) is 11.8. The number of alkyl halides is 3. The lowest BCUT2D eigenvalue weighted by atomic mass is 10.2. The highest BCUT2D eigenvalue weighted by Gasteiger charge is 2.30. The first kappa shape index (κ1) is 22.2. The van der Waals surface area contributed by atoms with Gasteiger partial charge in [-0.2, -0.15) is 0 Å². The van der Waals surface area contributed by atoms with Gasteiger partial charge in [0.2, 0.25) is 0 Å². The molecule has 0 unspecified atom stereocenters. The van der Waals surface area contributed by atoms with E-state index < -0.39 is 6.36 Å². The molecule has 0 aliphatic carbocycles. The molecule has 0 radical (unpaired) electrons. The summed E-state index contributed by atoms with van der Waals surface area (Å²) in [4.78, 5) is 4.16. The average Bonchev–Trinajstić information content (AvgIpc) is 2.54. The molecule has 0 atom stereocenters. The van der Waals surface area contributed by atoms with Crippen LogP contribution in [0.25, 0.3) is 0 Å². The van der Waals surface area contributed by atoms with Gasteiger partial charge in [0, 0.05) is 16.3 Å². The fraction of sp³-hybridized carbons (Fsp3) is 0.188. The summed E-state index contributed by atoms with van der Waals surface area (Å²) in [5, 5.41) is 3.31. The van der Waals surface area contributed by atoms with Gasteiger partial charge in [0.15, 0.2) is 5.96 Å². The molecule has 0 fully saturated rings. The van der Waals surface area contributed by atoms with Crippen LogP contribution in [0.5, 0.6) is 11.5 Å². The Kier molecular flexibility index (Phi) is 8.28. The molecule has 0 spiro atoms. The third-order valence-corrected chi connectivity index (χ3v) is 3.26. The predicted molar refractivity (Wildman–Crippen MR) is 105 cm³/mol. The van der Waals surface area contributed by atoms with Crippen LogP contribution >= 0.6 is 35.6 Å². The Bertz CT molecular complexity index is 755. The Hall–Kier alpha value is -1.88. The summed E-state index contributed by atoms with van der Waals surface area (Å²) in [6.45, 7) is 0.244. The van der Waals surface area contributed by atoms with Crippen LogP contribution < -0.4 is 20.5 Å². The molecule has 26 heavy (non-hydrogen) atoms. The number of benzene rings is 2. The van der Waals surface area contributed by atoms with Crippen molar-refractivity contribution in [2.24, 2.45) is 10.7 Å². The topological polar surface area (TPSA) is 68.9 Å². The lowest BCUT2D eigenvalue weighted by molar-refractivity contribution is -0.274. The van der Waals surface area contributed by atoms with E-state index in [1.807, 2.05) is 0 Å². The summed E-state index contributed by atoms with van der Waals surface area (Å²) in [7, 11) is 1.52. The molecule has 0 aliphatic heterocycles. The van der Waals surface area contributed by atoms with Crippen molar-refractivity contribution < 1.29 is 22.6 Å². The Labute approximate surface area is 170 Å². The molecule has 0 saturated carbocycles. The normalized spacial score (nSPS) is 11.5. The van der Waals surface area contributed by atoms with Gasteiger partial charge in [-0.15, -0.1) is 37.1 Å². The molecule has 0 saturated heterocycles. The first-order valence-corrected chi connectivity index (χ1v) is 7.40. The zero-order chi connectivity index (χ0) is 18.4. The van der Waals surface area contributed by atoms with Crippen LogP contribution in [0.4, 0.5) is 18.9 Å². The molecule has 0 aliphatic rings. The number of methoxy groups -OCH3 is 1. The smallest absolute Gasteiger partial charge is 0.496 e. The largest absolute Gasteiger partial charge is 0.573 e.